The number of aryl methyl sites for hydroxylation is 2. The molecular weight excluding hydrogens is 1270 g/mol. The third-order valence-corrected chi connectivity index (χ3v) is 15.1. The summed E-state index contributed by atoms with van der Waals surface area (Å²) in [7, 11) is 4.85. The van der Waals surface area contributed by atoms with Gasteiger partial charge in [0.1, 0.15) is 6.29 Å². The van der Waals surface area contributed by atoms with Crippen LogP contribution in [-0.4, -0.2) is 45.2 Å². The summed E-state index contributed by atoms with van der Waals surface area (Å²) < 4.78 is 0. The van der Waals surface area contributed by atoms with Gasteiger partial charge in [-0.3, -0.25) is 19.2 Å². The van der Waals surface area contributed by atoms with Gasteiger partial charge in [-0.1, -0.05) is 130 Å². The molecule has 1 radical (unpaired) electrons. The standard InChI is InChI=1S/C22H27NO.C21H24NO.C12H17.C10H11NO2.9CH4.W.Y/c1-13-8-9-20(22(24)23-7)12-19(13)10-11-21-17(5)15(3)14(2)16(4)18(21)6;1-13-14(2)16(4)20(17(5)15(13)3)11-10-18-8-7-9-19(12-18)21(23)22-6;1-7-8(2)10(4)12(6)11(5)9(7)3;1-7-3-4-8(10(13)11-2)5-9(7)6-12;;;;;;;;;;;/h8-12H,1-7H3,(H,23,24);7,9-12H,1-6H3,(H,22,23);1H2,2-6H3;3-6H,1-2H3,(H,11,13);9*1H4;;/q;2*-1;;;;;;;;;;;;/b2*11-10+;;;;;;;;;;;;;. The molecule has 6 aromatic rings. The predicted molar refractivity (Wildman–Crippen MR) is 366 cm³/mol. The van der Waals surface area contributed by atoms with Crippen molar-refractivity contribution < 1.29 is 73.0 Å². The van der Waals surface area contributed by atoms with E-state index in [0.717, 1.165) is 28.5 Å². The van der Waals surface area contributed by atoms with Crippen molar-refractivity contribution in [3.63, 3.8) is 0 Å². The summed E-state index contributed by atoms with van der Waals surface area (Å²) in [4.78, 5) is 45.3. The van der Waals surface area contributed by atoms with E-state index in [1.807, 2.05) is 37.3 Å². The molecule has 0 unspecified atom stereocenters. The van der Waals surface area contributed by atoms with Crippen LogP contribution < -0.4 is 16.0 Å². The van der Waals surface area contributed by atoms with Gasteiger partial charge in [0, 0.05) is 91.6 Å². The second-order valence-corrected chi connectivity index (χ2v) is 18.9. The third-order valence-electron chi connectivity index (χ3n) is 15.1. The van der Waals surface area contributed by atoms with Crippen LogP contribution in [0.4, 0.5) is 0 Å². The maximum atomic E-state index is 11.9. The molecule has 3 N–H and O–H groups in total. The summed E-state index contributed by atoms with van der Waals surface area (Å²) in [5.41, 5.74) is 30.4. The number of nitrogens with one attached hydrogen (secondary N) is 3. The molecule has 7 nitrogen and oxygen atoms in total. The molecule has 9 heteroatoms. The topological polar surface area (TPSA) is 104 Å². The van der Waals surface area contributed by atoms with Crippen LogP contribution in [0.15, 0.2) is 54.6 Å². The molecule has 6 rings (SSSR count). The number of amides is 3. The summed E-state index contributed by atoms with van der Waals surface area (Å²) in [5.74, 6) is -0.315. The van der Waals surface area contributed by atoms with Crippen molar-refractivity contribution in [1.82, 2.24) is 16.0 Å². The van der Waals surface area contributed by atoms with Crippen LogP contribution in [0.2, 0.25) is 0 Å². The fourth-order valence-corrected chi connectivity index (χ4v) is 8.51. The van der Waals surface area contributed by atoms with Crippen LogP contribution in [0.5, 0.6) is 0 Å². The fraction of sp³-hybridized carbons (Fsp3) is 0.392. The van der Waals surface area contributed by atoms with E-state index >= 15 is 0 Å². The molecular formula is C74H115N3O4WY-2. The van der Waals surface area contributed by atoms with E-state index in [1.165, 1.54) is 100 Å². The Morgan fingerprint density at radius 1 is 0.386 bits per heavy atom. The van der Waals surface area contributed by atoms with Crippen LogP contribution in [0, 0.1) is 131 Å². The molecule has 6 aromatic carbocycles. The number of carbonyl (C=O) groups excluding carboxylic acids is 4. The van der Waals surface area contributed by atoms with Crippen molar-refractivity contribution in [2.24, 2.45) is 0 Å². The molecule has 461 valence electrons. The molecule has 0 aliphatic heterocycles. The van der Waals surface area contributed by atoms with E-state index < -0.39 is 0 Å². The van der Waals surface area contributed by atoms with Gasteiger partial charge in [0.25, 0.3) is 11.8 Å². The Balaban J connectivity index is -0.000000125. The van der Waals surface area contributed by atoms with Crippen LogP contribution in [0.25, 0.3) is 24.3 Å². The van der Waals surface area contributed by atoms with Crippen molar-refractivity contribution in [2.75, 3.05) is 21.1 Å². The Morgan fingerprint density at radius 2 is 0.663 bits per heavy atom. The monoisotopic (exact) mass is 1380 g/mol. The molecule has 0 aliphatic carbocycles. The van der Waals surface area contributed by atoms with Crippen LogP contribution in [-0.2, 0) is 53.8 Å². The first-order chi connectivity index (χ1) is 33.8. The van der Waals surface area contributed by atoms with Gasteiger partial charge in [-0.2, -0.15) is 12.5 Å². The van der Waals surface area contributed by atoms with Gasteiger partial charge in [0.05, 0.1) is 0 Å². The first-order valence-corrected chi connectivity index (χ1v) is 24.5. The van der Waals surface area contributed by atoms with Gasteiger partial charge in [-0.05, 0) is 203 Å². The van der Waals surface area contributed by atoms with Gasteiger partial charge < -0.3 is 16.0 Å². The Kier molecular flexibility index (Phi) is 51.4. The number of aldehydes is 1. The molecule has 0 spiro atoms. The number of rotatable bonds is 8. The van der Waals surface area contributed by atoms with E-state index in [1.54, 1.807) is 51.5 Å². The van der Waals surface area contributed by atoms with E-state index in [-0.39, 0.29) is 138 Å². The van der Waals surface area contributed by atoms with Crippen molar-refractivity contribution >= 4 is 48.3 Å². The molecule has 83 heavy (non-hydrogen) atoms. The number of benzene rings is 6. The van der Waals surface area contributed by atoms with Crippen molar-refractivity contribution in [1.29, 1.82) is 0 Å². The van der Waals surface area contributed by atoms with Gasteiger partial charge in [-0.15, -0.1) is 58.2 Å². The average Bonchev–Trinajstić information content (AvgIpc) is 3.39. The summed E-state index contributed by atoms with van der Waals surface area (Å²) in [6.07, 6.45) is 9.20. The minimum atomic E-state index is -0.178. The molecule has 3 amide bonds. The summed E-state index contributed by atoms with van der Waals surface area (Å²) in [6, 6.07) is 19.4. The Hall–Kier alpha value is -5.46. The molecule has 0 bridgehead atoms. The maximum Gasteiger partial charge on any atom is 0.251 e. The summed E-state index contributed by atoms with van der Waals surface area (Å²) in [6.45, 7) is 40.6. The van der Waals surface area contributed by atoms with Crippen molar-refractivity contribution in [2.45, 2.75) is 185 Å². The first-order valence-electron chi connectivity index (χ1n) is 24.5. The smallest absolute Gasteiger partial charge is 0.251 e. The first kappa shape index (κ1) is 96.7. The molecule has 0 heterocycles. The molecule has 0 fully saturated rings. The zero-order valence-electron chi connectivity index (χ0n) is 47.9. The van der Waals surface area contributed by atoms with Crippen molar-refractivity contribution in [3.05, 3.63) is 212 Å². The van der Waals surface area contributed by atoms with Gasteiger partial charge in [0.2, 0.25) is 5.91 Å². The normalized spacial score (nSPS) is 9.25. The van der Waals surface area contributed by atoms with Gasteiger partial charge >= 0.3 is 0 Å². The maximum absolute atomic E-state index is 11.9. The fourth-order valence-electron chi connectivity index (χ4n) is 8.51. The number of hydrogen-bond acceptors (Lipinski definition) is 4. The van der Waals surface area contributed by atoms with Gasteiger partial charge in [0.15, 0.2) is 0 Å². The van der Waals surface area contributed by atoms with E-state index in [9.17, 15) is 19.2 Å². The zero-order valence-corrected chi connectivity index (χ0v) is 53.7. The minimum absolute atomic E-state index is 0. The Morgan fingerprint density at radius 3 is 0.988 bits per heavy atom. The number of carbonyl (C=O) groups is 4. The van der Waals surface area contributed by atoms with Crippen LogP contribution in [0.3, 0.4) is 0 Å². The zero-order chi connectivity index (χ0) is 54.5. The van der Waals surface area contributed by atoms with Crippen LogP contribution in [0.1, 0.15) is 231 Å². The third kappa shape index (κ3) is 24.2. The largest absolute Gasteiger partial charge is 0.356 e. The second-order valence-electron chi connectivity index (χ2n) is 18.9. The second kappa shape index (κ2) is 44.1. The van der Waals surface area contributed by atoms with Crippen molar-refractivity contribution in [3.8, 4) is 0 Å². The summed E-state index contributed by atoms with van der Waals surface area (Å²) in [5, 5.41) is 7.82. The molecule has 0 aliphatic rings. The Labute approximate surface area is 550 Å². The quantitative estimate of drug-likeness (QED) is 0.0802. The Bertz CT molecular complexity index is 2930. The average molecular weight is 1380 g/mol. The van der Waals surface area contributed by atoms with E-state index in [4.69, 9.17) is 0 Å². The van der Waals surface area contributed by atoms with E-state index in [2.05, 4.69) is 158 Å². The molecule has 0 saturated heterocycles. The van der Waals surface area contributed by atoms with Gasteiger partial charge in [-0.25, -0.2) is 0 Å². The molecule has 0 atom stereocenters. The molecule has 0 aromatic heterocycles. The molecule has 0 saturated carbocycles. The SMILES string of the molecule is C.C.C.C.C.C.C.C.C.CNC(=O)c1cc[c-]c(/C=C/c2c(C)c(C)c(C)c(C)c2C)c1.CNC(=O)c1ccc(C)c(/C=C/c2c(C)c(C)c(C)c(C)c2C)c1.CNC(=O)c1ccc(C)c(C=O)c1.[CH2-]c1c(C)c(C)c(C)c(C)c1C.[W].[Y]. The predicted octanol–water partition coefficient (Wildman–Crippen LogP) is 19.9. The minimum Gasteiger partial charge on any atom is -0.356 e. The number of hydrogen-bond donors (Lipinski definition) is 3. The van der Waals surface area contributed by atoms with E-state index in [0.29, 0.717) is 22.3 Å². The van der Waals surface area contributed by atoms with Crippen LogP contribution >= 0.6 is 0 Å². The summed E-state index contributed by atoms with van der Waals surface area (Å²) >= 11 is 0.